The molecule has 36 heavy (non-hydrogen) atoms. The minimum Gasteiger partial charge on any atom is -0.244 e. The van der Waals surface area contributed by atoms with Crippen LogP contribution in [-0.2, 0) is 12.8 Å². The highest BCUT2D eigenvalue weighted by Crippen LogP contribution is 2.33. The lowest BCUT2D eigenvalue weighted by Gasteiger charge is -2.06. The molecule has 4 heteroatoms. The Balaban J connectivity index is 1.33. The van der Waals surface area contributed by atoms with Gasteiger partial charge in [0.25, 0.3) is 0 Å². The predicted octanol–water partition coefficient (Wildman–Crippen LogP) is 10.5. The summed E-state index contributed by atoms with van der Waals surface area (Å²) in [5, 5.41) is 7.36. The van der Waals surface area contributed by atoms with Gasteiger partial charge < -0.3 is 0 Å². The lowest BCUT2D eigenvalue weighted by atomic mass is 10.0. The zero-order valence-electron chi connectivity index (χ0n) is 21.6. The van der Waals surface area contributed by atoms with Gasteiger partial charge in [0.1, 0.15) is 10.0 Å². The summed E-state index contributed by atoms with van der Waals surface area (Å²) >= 11 is 3.70. The van der Waals surface area contributed by atoms with Crippen LogP contribution in [0.5, 0.6) is 0 Å². The Kier molecular flexibility index (Phi) is 8.45. The first-order valence-electron chi connectivity index (χ1n) is 13.6. The van der Waals surface area contributed by atoms with Gasteiger partial charge in [-0.1, -0.05) is 76.6 Å². The Morgan fingerprint density at radius 1 is 0.528 bits per heavy atom. The molecule has 2 aromatic heterocycles. The Morgan fingerprint density at radius 2 is 1.00 bits per heavy atom. The molecule has 0 spiro atoms. The minimum atomic E-state index is 1.13. The lowest BCUT2D eigenvalue weighted by Crippen LogP contribution is -1.81. The molecule has 0 unspecified atom stereocenters. The van der Waals surface area contributed by atoms with Gasteiger partial charge in [-0.25, -0.2) is 9.97 Å². The lowest BCUT2D eigenvalue weighted by molar-refractivity contribution is 0.670. The molecule has 186 valence electrons. The number of aromatic nitrogens is 2. The third-order valence-electron chi connectivity index (χ3n) is 6.95. The zero-order chi connectivity index (χ0) is 24.7. The van der Waals surface area contributed by atoms with E-state index in [9.17, 15) is 0 Å². The first kappa shape index (κ1) is 25.1. The van der Waals surface area contributed by atoms with Gasteiger partial charge in [-0.2, -0.15) is 0 Å². The quantitative estimate of drug-likeness (QED) is 0.123. The molecule has 5 rings (SSSR count). The molecule has 0 saturated carbocycles. The number of nitrogens with zero attached hydrogens (tertiary/aromatic N) is 2. The Hall–Kier alpha value is -2.56. The average molecular weight is 513 g/mol. The van der Waals surface area contributed by atoms with Crippen LogP contribution < -0.4 is 0 Å². The van der Waals surface area contributed by atoms with Crippen molar-refractivity contribution >= 4 is 44.2 Å². The zero-order valence-corrected chi connectivity index (χ0v) is 23.2. The number of thiazole rings is 2. The fourth-order valence-corrected chi connectivity index (χ4v) is 6.73. The van der Waals surface area contributed by atoms with E-state index in [2.05, 4.69) is 74.8 Å². The number of aryl methyl sites for hydroxylation is 2. The largest absolute Gasteiger partial charge is 0.244 e. The van der Waals surface area contributed by atoms with Crippen LogP contribution in [0.2, 0.25) is 0 Å². The monoisotopic (exact) mass is 512 g/mol. The van der Waals surface area contributed by atoms with Crippen LogP contribution in [0.4, 0.5) is 0 Å². The van der Waals surface area contributed by atoms with E-state index in [0.29, 0.717) is 0 Å². The summed E-state index contributed by atoms with van der Waals surface area (Å²) in [6.07, 6.45) is 16.8. The molecule has 0 aliphatic rings. The SMILES string of the molecule is CCCCCCc1cnc(-c2ccc3cc4cc(-c5ncc(CCCCCC)s5)ccc4cc3c2)s1. The molecular formula is C32H36N2S2. The Labute approximate surface area is 223 Å². The Bertz CT molecular complexity index is 1320. The molecule has 0 aliphatic heterocycles. The third-order valence-corrected chi connectivity index (χ3v) is 9.16. The van der Waals surface area contributed by atoms with Crippen molar-refractivity contribution in [3.05, 3.63) is 70.7 Å². The molecule has 0 aliphatic carbocycles. The topological polar surface area (TPSA) is 25.8 Å². The van der Waals surface area contributed by atoms with Gasteiger partial charge in [-0.15, -0.1) is 22.7 Å². The number of rotatable bonds is 12. The van der Waals surface area contributed by atoms with E-state index in [0.717, 1.165) is 22.9 Å². The van der Waals surface area contributed by atoms with E-state index in [4.69, 9.17) is 9.97 Å². The summed E-state index contributed by atoms with van der Waals surface area (Å²) in [4.78, 5) is 12.3. The van der Waals surface area contributed by atoms with E-state index in [1.54, 1.807) is 0 Å². The summed E-state index contributed by atoms with van der Waals surface area (Å²) in [7, 11) is 0. The molecule has 0 N–H and O–H groups in total. The third kappa shape index (κ3) is 6.04. The van der Waals surface area contributed by atoms with Crippen molar-refractivity contribution < 1.29 is 0 Å². The number of hydrogen-bond acceptors (Lipinski definition) is 4. The number of unbranched alkanes of at least 4 members (excludes halogenated alkanes) is 6. The fourth-order valence-electron chi connectivity index (χ4n) is 4.83. The summed E-state index contributed by atoms with van der Waals surface area (Å²) < 4.78 is 0. The van der Waals surface area contributed by atoms with Crippen molar-refractivity contribution in [2.24, 2.45) is 0 Å². The van der Waals surface area contributed by atoms with E-state index < -0.39 is 0 Å². The van der Waals surface area contributed by atoms with Crippen molar-refractivity contribution in [1.29, 1.82) is 0 Å². The number of hydrogen-bond donors (Lipinski definition) is 0. The fraction of sp³-hybridized carbons (Fsp3) is 0.375. The Morgan fingerprint density at radius 3 is 1.44 bits per heavy atom. The van der Waals surface area contributed by atoms with Crippen LogP contribution in [0.25, 0.3) is 42.7 Å². The van der Waals surface area contributed by atoms with Crippen molar-refractivity contribution in [1.82, 2.24) is 9.97 Å². The van der Waals surface area contributed by atoms with Crippen LogP contribution >= 0.6 is 22.7 Å². The molecule has 5 aromatic rings. The van der Waals surface area contributed by atoms with E-state index in [1.165, 1.54) is 93.8 Å². The van der Waals surface area contributed by atoms with E-state index in [1.807, 2.05) is 22.7 Å². The minimum absolute atomic E-state index is 1.13. The van der Waals surface area contributed by atoms with Gasteiger partial charge in [0.05, 0.1) is 0 Å². The smallest absolute Gasteiger partial charge is 0.123 e. The highest BCUT2D eigenvalue weighted by molar-refractivity contribution is 7.15. The molecule has 0 radical (unpaired) electrons. The van der Waals surface area contributed by atoms with Gasteiger partial charge in [-0.3, -0.25) is 0 Å². The first-order valence-corrected chi connectivity index (χ1v) is 15.2. The molecule has 0 bridgehead atoms. The average Bonchev–Trinajstić information content (AvgIpc) is 3.57. The van der Waals surface area contributed by atoms with E-state index in [-0.39, 0.29) is 0 Å². The maximum absolute atomic E-state index is 4.74. The number of benzene rings is 3. The second kappa shape index (κ2) is 12.1. The maximum Gasteiger partial charge on any atom is 0.123 e. The van der Waals surface area contributed by atoms with Crippen molar-refractivity contribution in [3.63, 3.8) is 0 Å². The second-order valence-corrected chi connectivity index (χ2v) is 12.1. The normalized spacial score (nSPS) is 11.6. The molecule has 2 nitrogen and oxygen atoms in total. The molecule has 0 saturated heterocycles. The standard InChI is InChI=1S/C32H36N2S2/c1-3-5-7-9-11-29-21-33-31(35-29)25-15-13-23-18-28-20-26(16-14-24(28)17-27(23)19-25)32-34-22-30(36-32)12-10-8-6-4-2/h13-22H,3-12H2,1-2H3. The van der Waals surface area contributed by atoms with Crippen molar-refractivity contribution in [3.8, 4) is 21.1 Å². The van der Waals surface area contributed by atoms with Crippen LogP contribution in [0.1, 0.15) is 75.0 Å². The first-order chi connectivity index (χ1) is 17.7. The van der Waals surface area contributed by atoms with Crippen LogP contribution in [-0.4, -0.2) is 9.97 Å². The van der Waals surface area contributed by atoms with Crippen LogP contribution in [0, 0.1) is 0 Å². The van der Waals surface area contributed by atoms with Crippen molar-refractivity contribution in [2.75, 3.05) is 0 Å². The molecule has 3 aromatic carbocycles. The second-order valence-electron chi connectivity index (χ2n) is 9.86. The van der Waals surface area contributed by atoms with Gasteiger partial charge >= 0.3 is 0 Å². The van der Waals surface area contributed by atoms with Gasteiger partial charge in [0.15, 0.2) is 0 Å². The summed E-state index contributed by atoms with van der Waals surface area (Å²) in [5.41, 5.74) is 2.44. The predicted molar refractivity (Wildman–Crippen MR) is 159 cm³/mol. The van der Waals surface area contributed by atoms with Crippen molar-refractivity contribution in [2.45, 2.75) is 78.1 Å². The molecule has 0 fully saturated rings. The molecular weight excluding hydrogens is 477 g/mol. The summed E-state index contributed by atoms with van der Waals surface area (Å²) in [6.45, 7) is 4.53. The number of fused-ring (bicyclic) bond motifs is 2. The van der Waals surface area contributed by atoms with E-state index >= 15 is 0 Å². The van der Waals surface area contributed by atoms with Gasteiger partial charge in [0, 0.05) is 33.3 Å². The molecule has 0 amide bonds. The highest BCUT2D eigenvalue weighted by Gasteiger charge is 2.09. The summed E-state index contributed by atoms with van der Waals surface area (Å²) in [5.74, 6) is 0. The molecule has 2 heterocycles. The summed E-state index contributed by atoms with van der Waals surface area (Å²) in [6, 6.07) is 18.2. The van der Waals surface area contributed by atoms with Gasteiger partial charge in [0.2, 0.25) is 0 Å². The maximum atomic E-state index is 4.74. The highest BCUT2D eigenvalue weighted by atomic mass is 32.1. The molecule has 0 atom stereocenters. The van der Waals surface area contributed by atoms with Crippen LogP contribution in [0.15, 0.2) is 60.9 Å². The van der Waals surface area contributed by atoms with Gasteiger partial charge in [-0.05, 0) is 71.5 Å². The van der Waals surface area contributed by atoms with Crippen LogP contribution in [0.3, 0.4) is 0 Å².